The molecule has 6 aromatic carbocycles. The summed E-state index contributed by atoms with van der Waals surface area (Å²) < 4.78 is 14.1. The Morgan fingerprint density at radius 2 is 0.831 bits per heavy atom. The minimum Gasteiger partial charge on any atom is -0.497 e. The number of nitrogens with zero attached hydrogens (tertiary/aromatic N) is 1. The number of benzene rings is 6. The van der Waals surface area contributed by atoms with Crippen molar-refractivity contribution in [2.45, 2.75) is 49.4 Å². The van der Waals surface area contributed by atoms with Gasteiger partial charge in [0, 0.05) is 31.4 Å². The molecule has 3 nitrogen and oxygen atoms in total. The second-order valence-electron chi connectivity index (χ2n) is 17.5. The zero-order chi connectivity index (χ0) is 40.1. The predicted octanol–water partition coefficient (Wildman–Crippen LogP) is 13.3. The quantitative estimate of drug-likeness (QED) is 0.178. The van der Waals surface area contributed by atoms with E-state index in [1.807, 2.05) is 22.7 Å². The molecule has 2 spiro atoms. The molecule has 288 valence electrons. The van der Waals surface area contributed by atoms with E-state index in [0.29, 0.717) is 0 Å². The Labute approximate surface area is 353 Å². The maximum atomic E-state index is 5.82. The molecule has 12 rings (SSSR count). The highest BCUT2D eigenvalue weighted by molar-refractivity contribution is 7.15. The highest BCUT2D eigenvalue weighted by Crippen LogP contribution is 2.69. The molecule has 3 aliphatic carbocycles. The van der Waals surface area contributed by atoms with Crippen LogP contribution in [0.25, 0.3) is 26.8 Å². The van der Waals surface area contributed by atoms with Crippen molar-refractivity contribution in [3.05, 3.63) is 216 Å². The molecule has 0 N–H and O–H groups in total. The Balaban J connectivity index is 1.30. The molecule has 59 heavy (non-hydrogen) atoms. The van der Waals surface area contributed by atoms with E-state index in [0.717, 1.165) is 33.3 Å². The Morgan fingerprint density at radius 3 is 1.25 bits per heavy atom. The fraction of sp³-hybridized carbons (Fsp3) is 0.185. The van der Waals surface area contributed by atoms with E-state index in [2.05, 4.69) is 183 Å². The normalized spacial score (nSPS) is 16.8. The van der Waals surface area contributed by atoms with Gasteiger partial charge in [-0.2, -0.15) is 0 Å². The molecule has 9 aromatic rings. The average Bonchev–Trinajstić information content (AvgIpc) is 4.02. The first kappa shape index (κ1) is 35.1. The van der Waals surface area contributed by atoms with Gasteiger partial charge in [-0.15, -0.1) is 22.7 Å². The van der Waals surface area contributed by atoms with E-state index in [9.17, 15) is 0 Å². The Hall–Kier alpha value is -5.88. The van der Waals surface area contributed by atoms with E-state index >= 15 is 0 Å². The van der Waals surface area contributed by atoms with E-state index in [-0.39, 0.29) is 10.8 Å². The molecule has 0 saturated heterocycles. The maximum Gasteiger partial charge on any atom is 0.119 e. The summed E-state index contributed by atoms with van der Waals surface area (Å²) in [6.07, 6.45) is 0. The summed E-state index contributed by atoms with van der Waals surface area (Å²) in [7, 11) is 3.49. The molecule has 0 bridgehead atoms. The molecule has 3 aliphatic rings. The number of fused-ring (bicyclic) bond motifs is 17. The van der Waals surface area contributed by atoms with Crippen molar-refractivity contribution in [1.29, 1.82) is 0 Å². The minimum atomic E-state index is -0.552. The van der Waals surface area contributed by atoms with Gasteiger partial charge in [0.25, 0.3) is 0 Å². The Kier molecular flexibility index (Phi) is 7.06. The van der Waals surface area contributed by atoms with Crippen LogP contribution in [0, 0.1) is 0 Å². The van der Waals surface area contributed by atoms with Crippen molar-refractivity contribution in [3.63, 3.8) is 0 Å². The molecule has 0 saturated carbocycles. The van der Waals surface area contributed by atoms with Gasteiger partial charge in [-0.25, -0.2) is 0 Å². The molecule has 5 heteroatoms. The predicted molar refractivity (Wildman–Crippen MR) is 244 cm³/mol. The SMILES string of the molecule is COc1ccc2c(c1)c1cc(OC)ccc1n2-c1cc2c(s1)C1(c3ccccc3C(C)(C)c3ccccc31)c1ccsc1C21c2ccccc2C(C)(C)c2ccccc21. The highest BCUT2D eigenvalue weighted by Gasteiger charge is 2.61. The number of hydrogen-bond donors (Lipinski definition) is 0. The molecule has 3 aromatic heterocycles. The summed E-state index contributed by atoms with van der Waals surface area (Å²) in [6.45, 7) is 9.64. The van der Waals surface area contributed by atoms with Gasteiger partial charge in [0.2, 0.25) is 0 Å². The van der Waals surface area contributed by atoms with Crippen molar-refractivity contribution in [1.82, 2.24) is 4.57 Å². The number of hydrogen-bond acceptors (Lipinski definition) is 4. The van der Waals surface area contributed by atoms with Crippen molar-refractivity contribution in [3.8, 4) is 16.5 Å². The zero-order valence-corrected chi connectivity index (χ0v) is 35.6. The van der Waals surface area contributed by atoms with Crippen LogP contribution in [0.1, 0.15) is 93.1 Å². The first-order valence-corrected chi connectivity index (χ1v) is 22.2. The minimum absolute atomic E-state index is 0.191. The fourth-order valence-corrected chi connectivity index (χ4v) is 14.4. The number of rotatable bonds is 3. The van der Waals surface area contributed by atoms with Crippen molar-refractivity contribution < 1.29 is 9.47 Å². The van der Waals surface area contributed by atoms with Crippen molar-refractivity contribution in [2.24, 2.45) is 0 Å². The number of ether oxygens (including phenoxy) is 2. The van der Waals surface area contributed by atoms with Gasteiger partial charge < -0.3 is 14.0 Å². The lowest BCUT2D eigenvalue weighted by molar-refractivity contribution is 0.415. The highest BCUT2D eigenvalue weighted by atomic mass is 32.1. The molecule has 0 radical (unpaired) electrons. The van der Waals surface area contributed by atoms with Crippen LogP contribution in [0.5, 0.6) is 11.5 Å². The van der Waals surface area contributed by atoms with E-state index in [1.165, 1.54) is 70.4 Å². The Morgan fingerprint density at radius 1 is 0.424 bits per heavy atom. The standard InChI is InChI=1S/C54H43NO2S2/c1-51(2)36-15-7-11-19-40(36)53(41-20-12-8-16-37(41)51)44-27-28-58-49(44)54(42-21-13-9-17-38(42)52(3,4)39-18-10-14-22-43(39)54)45-31-48(59-50(45)53)55-46-25-23-32(56-5)29-34(46)35-30-33(57-6)24-26-47(35)55/h7-31H,1-6H3. The lowest BCUT2D eigenvalue weighted by atomic mass is 9.48. The summed E-state index contributed by atoms with van der Waals surface area (Å²) in [5.41, 5.74) is 14.6. The second-order valence-corrected chi connectivity index (χ2v) is 19.5. The van der Waals surface area contributed by atoms with Gasteiger partial charge in [-0.1, -0.05) is 125 Å². The van der Waals surface area contributed by atoms with Crippen LogP contribution in [0.3, 0.4) is 0 Å². The molecule has 3 heterocycles. The largest absolute Gasteiger partial charge is 0.497 e. The maximum absolute atomic E-state index is 5.82. The van der Waals surface area contributed by atoms with Gasteiger partial charge in [-0.3, -0.25) is 0 Å². The summed E-state index contributed by atoms with van der Waals surface area (Å²) in [5, 5.41) is 5.84. The third-order valence-electron chi connectivity index (χ3n) is 14.3. The van der Waals surface area contributed by atoms with E-state index in [4.69, 9.17) is 9.47 Å². The topological polar surface area (TPSA) is 23.4 Å². The first-order valence-electron chi connectivity index (χ1n) is 20.5. The van der Waals surface area contributed by atoms with Gasteiger partial charge in [0.1, 0.15) is 16.5 Å². The number of thiophene rings is 2. The average molecular weight is 802 g/mol. The summed E-state index contributed by atoms with van der Waals surface area (Å²) in [5.74, 6) is 1.67. The lowest BCUT2D eigenvalue weighted by Crippen LogP contribution is -2.50. The van der Waals surface area contributed by atoms with Crippen molar-refractivity contribution in [2.75, 3.05) is 14.2 Å². The van der Waals surface area contributed by atoms with Gasteiger partial charge in [0.15, 0.2) is 0 Å². The smallest absolute Gasteiger partial charge is 0.119 e. The molecule has 0 amide bonds. The number of methoxy groups -OCH3 is 2. The molecule has 0 unspecified atom stereocenters. The molecule has 0 fully saturated rings. The van der Waals surface area contributed by atoms with E-state index in [1.54, 1.807) is 14.2 Å². The van der Waals surface area contributed by atoms with Gasteiger partial charge >= 0.3 is 0 Å². The van der Waals surface area contributed by atoms with Crippen LogP contribution >= 0.6 is 22.7 Å². The molecular formula is C54H43NO2S2. The van der Waals surface area contributed by atoms with Crippen LogP contribution in [-0.2, 0) is 21.7 Å². The van der Waals surface area contributed by atoms with Crippen LogP contribution < -0.4 is 9.47 Å². The zero-order valence-electron chi connectivity index (χ0n) is 34.0. The summed E-state index contributed by atoms with van der Waals surface area (Å²) in [4.78, 5) is 2.79. The van der Waals surface area contributed by atoms with Gasteiger partial charge in [0.05, 0.1) is 36.1 Å². The van der Waals surface area contributed by atoms with Crippen molar-refractivity contribution >= 4 is 44.5 Å². The second kappa shape index (κ2) is 11.9. The summed E-state index contributed by atoms with van der Waals surface area (Å²) in [6, 6.07) is 55.3. The summed E-state index contributed by atoms with van der Waals surface area (Å²) >= 11 is 3.89. The van der Waals surface area contributed by atoms with Gasteiger partial charge in [-0.05, 0) is 110 Å². The third kappa shape index (κ3) is 4.13. The fourth-order valence-electron chi connectivity index (χ4n) is 11.7. The third-order valence-corrected chi connectivity index (χ3v) is 16.6. The lowest BCUT2D eigenvalue weighted by Gasteiger charge is -2.55. The van der Waals surface area contributed by atoms with Crippen LogP contribution in [0.15, 0.2) is 151 Å². The van der Waals surface area contributed by atoms with Crippen LogP contribution in [0.2, 0.25) is 0 Å². The van der Waals surface area contributed by atoms with E-state index < -0.39 is 10.8 Å². The molecule has 0 aliphatic heterocycles. The first-order chi connectivity index (χ1) is 28.7. The monoisotopic (exact) mass is 801 g/mol. The Bertz CT molecular complexity index is 2920. The number of aromatic nitrogens is 1. The van der Waals surface area contributed by atoms with Crippen LogP contribution in [0.4, 0.5) is 0 Å². The molecular weight excluding hydrogens is 759 g/mol. The molecule has 0 atom stereocenters. The van der Waals surface area contributed by atoms with Crippen LogP contribution in [-0.4, -0.2) is 18.8 Å².